The Hall–Kier alpha value is -0.610. The Morgan fingerprint density at radius 3 is 2.60 bits per heavy atom. The van der Waals surface area contributed by atoms with Gasteiger partial charge in [-0.2, -0.15) is 0 Å². The number of hydrogen-bond donors (Lipinski definition) is 0. The van der Waals surface area contributed by atoms with E-state index in [1.165, 1.54) is 23.7 Å². The number of alkyl halides is 1. The fraction of sp³-hybridized carbons (Fsp3) is 0.0769. The zero-order chi connectivity index (χ0) is 10.3. The average molecular weight is 325 g/mol. The van der Waals surface area contributed by atoms with Crippen LogP contribution in [0.15, 0.2) is 42.5 Å². The quantitative estimate of drug-likeness (QED) is 0.462. The van der Waals surface area contributed by atoms with Crippen LogP contribution in [0.5, 0.6) is 0 Å². The number of benzene rings is 2. The zero-order valence-electron chi connectivity index (χ0n) is 8.33. The van der Waals surface area contributed by atoms with Crippen LogP contribution >= 0.6 is 11.3 Å². The average Bonchev–Trinajstić information content (AvgIpc) is 2.66. The van der Waals surface area contributed by atoms with E-state index in [0.717, 1.165) is 0 Å². The molecule has 15 heavy (non-hydrogen) atoms. The molecule has 1 aromatic heterocycles. The second-order valence-electron chi connectivity index (χ2n) is 3.43. The van der Waals surface area contributed by atoms with E-state index in [9.17, 15) is 0 Å². The Morgan fingerprint density at radius 2 is 1.73 bits per heavy atom. The van der Waals surface area contributed by atoms with Crippen molar-refractivity contribution in [3.63, 3.8) is 0 Å². The van der Waals surface area contributed by atoms with Gasteiger partial charge in [0.05, 0.1) is 0 Å². The monoisotopic (exact) mass is 325 g/mol. The minimum absolute atomic E-state index is 0.202. The Kier molecular flexibility index (Phi) is 2.41. The van der Waals surface area contributed by atoms with Crippen molar-refractivity contribution in [3.05, 3.63) is 46.0 Å². The summed E-state index contributed by atoms with van der Waals surface area (Å²) in [5, 5.41) is 2.85. The minimum atomic E-state index is 0.202. The van der Waals surface area contributed by atoms with Gasteiger partial charge in [-0.15, -0.1) is 0 Å². The van der Waals surface area contributed by atoms with Gasteiger partial charge in [-0.25, -0.2) is 0 Å². The van der Waals surface area contributed by atoms with Crippen LogP contribution in [0.2, 0.25) is 0 Å². The summed E-state index contributed by atoms with van der Waals surface area (Å²) >= 11 is 2.09. The Balaban J connectivity index is 2.46. The number of rotatable bonds is 1. The van der Waals surface area contributed by atoms with Crippen LogP contribution < -0.4 is 21.2 Å². The molecule has 0 fully saturated rings. The fourth-order valence-electron chi connectivity index (χ4n) is 1.82. The molecule has 0 N–H and O–H groups in total. The van der Waals surface area contributed by atoms with Gasteiger partial charge >= 0.3 is 104 Å². The molecule has 0 atom stereocenters. The maximum absolute atomic E-state index is 2.38. The van der Waals surface area contributed by atoms with Gasteiger partial charge in [-0.05, 0) is 0 Å². The predicted molar refractivity (Wildman–Crippen MR) is 64.0 cm³/mol. The third kappa shape index (κ3) is 1.56. The van der Waals surface area contributed by atoms with E-state index in [-0.39, 0.29) is 21.2 Å². The molecule has 3 rings (SSSR count). The summed E-state index contributed by atoms with van der Waals surface area (Å²) in [6.07, 6.45) is 0. The van der Waals surface area contributed by atoms with Crippen molar-refractivity contribution in [1.29, 1.82) is 0 Å². The van der Waals surface area contributed by atoms with Crippen molar-refractivity contribution in [2.45, 2.75) is 0 Å². The first-order valence-corrected chi connectivity index (χ1v) is 8.84. The molecule has 0 nitrogen and oxygen atoms in total. The Morgan fingerprint density at radius 1 is 0.933 bits per heavy atom. The van der Waals surface area contributed by atoms with Crippen molar-refractivity contribution in [1.82, 2.24) is 0 Å². The van der Waals surface area contributed by atoms with Gasteiger partial charge in [0.2, 0.25) is 0 Å². The summed E-state index contributed by atoms with van der Waals surface area (Å²) in [4.78, 5) is 2.31. The van der Waals surface area contributed by atoms with Crippen molar-refractivity contribution >= 4 is 31.5 Å². The summed E-state index contributed by atoms with van der Waals surface area (Å²) in [6.45, 7) is 0. The van der Waals surface area contributed by atoms with Gasteiger partial charge < -0.3 is 0 Å². The molecular weight excluding hydrogens is 315 g/mol. The van der Waals surface area contributed by atoms with Gasteiger partial charge in [0.1, 0.15) is 0 Å². The van der Waals surface area contributed by atoms with Crippen LogP contribution in [0.4, 0.5) is 0 Å². The van der Waals surface area contributed by atoms with E-state index in [1.807, 2.05) is 11.3 Å². The molecule has 0 aliphatic rings. The van der Waals surface area contributed by atoms with Gasteiger partial charge in [0.15, 0.2) is 0 Å². The Labute approximate surface area is 103 Å². The SMILES string of the molecule is C[I-]c1ccc2sc3ccccc3c2c1. The molecule has 0 spiro atoms. The number of thiophene rings is 1. The van der Waals surface area contributed by atoms with Crippen molar-refractivity contribution < 1.29 is 21.2 Å². The van der Waals surface area contributed by atoms with E-state index in [4.69, 9.17) is 0 Å². The third-order valence-electron chi connectivity index (χ3n) is 2.56. The molecule has 0 bridgehead atoms. The van der Waals surface area contributed by atoms with Crippen molar-refractivity contribution in [2.24, 2.45) is 0 Å². The first kappa shape index (κ1) is 9.60. The molecule has 3 aromatic rings. The summed E-state index contributed by atoms with van der Waals surface area (Å²) in [7, 11) is 0. The molecule has 2 heteroatoms. The summed E-state index contributed by atoms with van der Waals surface area (Å²) < 4.78 is 4.35. The molecule has 76 valence electrons. The van der Waals surface area contributed by atoms with Crippen LogP contribution in [0, 0.1) is 3.57 Å². The van der Waals surface area contributed by atoms with Crippen molar-refractivity contribution in [3.8, 4) is 0 Å². The molecule has 1 heterocycles. The van der Waals surface area contributed by atoms with Crippen molar-refractivity contribution in [2.75, 3.05) is 4.93 Å². The van der Waals surface area contributed by atoms with Gasteiger partial charge in [-0.1, -0.05) is 0 Å². The van der Waals surface area contributed by atoms with Crippen LogP contribution in [-0.4, -0.2) is 4.93 Å². The third-order valence-corrected chi connectivity index (χ3v) is 5.63. The number of halogens is 1. The number of hydrogen-bond acceptors (Lipinski definition) is 1. The van der Waals surface area contributed by atoms with E-state index < -0.39 is 0 Å². The van der Waals surface area contributed by atoms with Crippen LogP contribution in [0.3, 0.4) is 0 Å². The van der Waals surface area contributed by atoms with E-state index in [2.05, 4.69) is 47.4 Å². The molecule has 0 aliphatic carbocycles. The van der Waals surface area contributed by atoms with Gasteiger partial charge in [-0.3, -0.25) is 0 Å². The summed E-state index contributed by atoms with van der Waals surface area (Å²) in [6, 6.07) is 15.6. The summed E-state index contributed by atoms with van der Waals surface area (Å²) in [5.74, 6) is 0. The Bertz CT molecular complexity index is 625. The molecule has 0 amide bonds. The zero-order valence-corrected chi connectivity index (χ0v) is 11.3. The molecule has 0 saturated heterocycles. The van der Waals surface area contributed by atoms with E-state index >= 15 is 0 Å². The molecule has 0 aliphatic heterocycles. The standard InChI is InChI=1S/C13H10IS/c1-14-9-6-7-13-11(8-9)10-4-2-3-5-12(10)15-13/h2-8H,1H3/q-1. The van der Waals surface area contributed by atoms with E-state index in [1.54, 1.807) is 0 Å². The molecule has 0 unspecified atom stereocenters. The first-order chi connectivity index (χ1) is 7.38. The second-order valence-corrected chi connectivity index (χ2v) is 6.84. The van der Waals surface area contributed by atoms with Crippen LogP contribution in [0.1, 0.15) is 0 Å². The summed E-state index contributed by atoms with van der Waals surface area (Å²) in [5.41, 5.74) is 0. The van der Waals surface area contributed by atoms with Crippen LogP contribution in [0.25, 0.3) is 20.2 Å². The molecule has 0 saturated carbocycles. The molecule has 0 radical (unpaired) electrons. The van der Waals surface area contributed by atoms with Gasteiger partial charge in [0, 0.05) is 0 Å². The fourth-order valence-corrected chi connectivity index (χ4v) is 4.06. The molecular formula is C13H10IS-. The first-order valence-electron chi connectivity index (χ1n) is 4.79. The maximum atomic E-state index is 2.38. The predicted octanol–water partition coefficient (Wildman–Crippen LogP) is 0.943. The molecule has 2 aromatic carbocycles. The van der Waals surface area contributed by atoms with Gasteiger partial charge in [0.25, 0.3) is 0 Å². The normalized spacial score (nSPS) is 11.5. The topological polar surface area (TPSA) is 0 Å². The van der Waals surface area contributed by atoms with Crippen LogP contribution in [-0.2, 0) is 0 Å². The number of fused-ring (bicyclic) bond motifs is 3. The van der Waals surface area contributed by atoms with E-state index in [0.29, 0.717) is 0 Å². The second kappa shape index (κ2) is 3.76.